The van der Waals surface area contributed by atoms with E-state index < -0.39 is 0 Å². The van der Waals surface area contributed by atoms with Crippen molar-refractivity contribution in [1.29, 1.82) is 0 Å². The van der Waals surface area contributed by atoms with Gasteiger partial charge in [0.1, 0.15) is 0 Å². The third-order valence-electron chi connectivity index (χ3n) is 2.29. The summed E-state index contributed by atoms with van der Waals surface area (Å²) in [6.45, 7) is 1.75. The zero-order valence-corrected chi connectivity index (χ0v) is 7.62. The van der Waals surface area contributed by atoms with Crippen LogP contribution in [0.4, 0.5) is 0 Å². The van der Waals surface area contributed by atoms with Crippen molar-refractivity contribution in [3.8, 4) is 0 Å². The molecule has 0 atom stereocenters. The minimum atomic E-state index is 0.837. The molecule has 0 spiro atoms. The molecule has 2 heterocycles. The van der Waals surface area contributed by atoms with Crippen LogP contribution in [0, 0.1) is 0 Å². The monoisotopic (exact) mass is 186 g/mol. The Hall–Kier alpha value is -1.84. The number of hydrogen-bond acceptors (Lipinski definition) is 3. The summed E-state index contributed by atoms with van der Waals surface area (Å²) in [6.07, 6.45) is 0. The van der Waals surface area contributed by atoms with Gasteiger partial charge in [0.05, 0.1) is 17.6 Å². The van der Waals surface area contributed by atoms with Crippen molar-refractivity contribution in [2.24, 2.45) is 4.99 Å². The van der Waals surface area contributed by atoms with Gasteiger partial charge in [0.2, 0.25) is 0 Å². The first kappa shape index (κ1) is 7.55. The normalized spacial score (nSPS) is 15.6. The van der Waals surface area contributed by atoms with E-state index in [0.717, 1.165) is 35.8 Å². The lowest BCUT2D eigenvalue weighted by molar-refractivity contribution is 0.957. The standard InChI is InChI=1S/C10H10N4/c1-2-4-8-7(3-1)13-10(14-8)9-11-5-6-12-9/h1-4H,5-6H2,(H,11,12)(H,13,14). The Balaban J connectivity index is 2.14. The molecule has 0 unspecified atom stereocenters. The summed E-state index contributed by atoms with van der Waals surface area (Å²) >= 11 is 0. The van der Waals surface area contributed by atoms with Gasteiger partial charge in [-0.1, -0.05) is 12.1 Å². The molecular weight excluding hydrogens is 176 g/mol. The topological polar surface area (TPSA) is 53.1 Å². The molecule has 1 aromatic carbocycles. The molecule has 0 radical (unpaired) electrons. The number of nitrogens with zero attached hydrogens (tertiary/aromatic N) is 2. The van der Waals surface area contributed by atoms with Crippen molar-refractivity contribution in [1.82, 2.24) is 15.3 Å². The van der Waals surface area contributed by atoms with Gasteiger partial charge in [0.25, 0.3) is 0 Å². The van der Waals surface area contributed by atoms with Gasteiger partial charge >= 0.3 is 0 Å². The number of aromatic amines is 1. The lowest BCUT2D eigenvalue weighted by Gasteiger charge is -1.94. The molecule has 0 amide bonds. The van der Waals surface area contributed by atoms with Gasteiger partial charge in [-0.2, -0.15) is 0 Å². The van der Waals surface area contributed by atoms with Crippen molar-refractivity contribution in [3.63, 3.8) is 0 Å². The Kier molecular flexibility index (Phi) is 1.53. The van der Waals surface area contributed by atoms with Gasteiger partial charge in [0, 0.05) is 6.54 Å². The number of imidazole rings is 1. The largest absolute Gasteiger partial charge is 0.365 e. The minimum absolute atomic E-state index is 0.837. The molecule has 4 nitrogen and oxygen atoms in total. The average Bonchev–Trinajstić information content (AvgIpc) is 2.86. The number of aromatic nitrogens is 2. The molecule has 1 aliphatic rings. The first-order valence-electron chi connectivity index (χ1n) is 4.67. The van der Waals surface area contributed by atoms with Crippen LogP contribution in [0.15, 0.2) is 29.3 Å². The zero-order chi connectivity index (χ0) is 9.38. The molecule has 0 fully saturated rings. The molecule has 0 saturated heterocycles. The molecule has 2 aromatic rings. The average molecular weight is 186 g/mol. The van der Waals surface area contributed by atoms with Gasteiger partial charge in [-0.25, -0.2) is 4.98 Å². The summed E-state index contributed by atoms with van der Waals surface area (Å²) in [7, 11) is 0. The van der Waals surface area contributed by atoms with E-state index in [4.69, 9.17) is 0 Å². The predicted molar refractivity (Wildman–Crippen MR) is 55.5 cm³/mol. The van der Waals surface area contributed by atoms with Crippen molar-refractivity contribution < 1.29 is 0 Å². The van der Waals surface area contributed by atoms with Crippen LogP contribution in [0.1, 0.15) is 5.82 Å². The second kappa shape index (κ2) is 2.83. The fraction of sp³-hybridized carbons (Fsp3) is 0.200. The second-order valence-electron chi connectivity index (χ2n) is 3.26. The molecule has 70 valence electrons. The predicted octanol–water partition coefficient (Wildman–Crippen LogP) is 0.913. The first-order valence-corrected chi connectivity index (χ1v) is 4.67. The molecule has 14 heavy (non-hydrogen) atoms. The molecule has 0 aliphatic carbocycles. The van der Waals surface area contributed by atoms with E-state index in [1.807, 2.05) is 24.3 Å². The van der Waals surface area contributed by atoms with E-state index >= 15 is 0 Å². The fourth-order valence-corrected chi connectivity index (χ4v) is 1.62. The van der Waals surface area contributed by atoms with Crippen molar-refractivity contribution >= 4 is 16.9 Å². The molecule has 0 bridgehead atoms. The summed E-state index contributed by atoms with van der Waals surface area (Å²) in [6, 6.07) is 7.98. The van der Waals surface area contributed by atoms with Crippen molar-refractivity contribution in [2.75, 3.05) is 13.1 Å². The Morgan fingerprint density at radius 2 is 2.14 bits per heavy atom. The highest BCUT2D eigenvalue weighted by Gasteiger charge is 2.11. The van der Waals surface area contributed by atoms with Crippen LogP contribution in [0.3, 0.4) is 0 Å². The minimum Gasteiger partial charge on any atom is -0.365 e. The maximum absolute atomic E-state index is 4.45. The summed E-state index contributed by atoms with van der Waals surface area (Å²) < 4.78 is 0. The summed E-state index contributed by atoms with van der Waals surface area (Å²) in [4.78, 5) is 12.0. The van der Waals surface area contributed by atoms with E-state index in [9.17, 15) is 0 Å². The van der Waals surface area contributed by atoms with Gasteiger partial charge in [0.15, 0.2) is 11.7 Å². The first-order chi connectivity index (χ1) is 6.93. The van der Waals surface area contributed by atoms with Crippen LogP contribution in [0.5, 0.6) is 0 Å². The lowest BCUT2D eigenvalue weighted by atomic mass is 10.3. The van der Waals surface area contributed by atoms with E-state index in [1.54, 1.807) is 0 Å². The van der Waals surface area contributed by atoms with Gasteiger partial charge in [-0.15, -0.1) is 0 Å². The molecule has 1 aliphatic heterocycles. The highest BCUT2D eigenvalue weighted by atomic mass is 15.1. The number of aliphatic imine (C=N–C) groups is 1. The number of fused-ring (bicyclic) bond motifs is 1. The molecule has 0 saturated carbocycles. The van der Waals surface area contributed by atoms with Gasteiger partial charge in [-0.05, 0) is 12.1 Å². The number of nitrogens with one attached hydrogen (secondary N) is 2. The third kappa shape index (κ3) is 1.08. The summed E-state index contributed by atoms with van der Waals surface area (Å²) in [5.41, 5.74) is 2.04. The van der Waals surface area contributed by atoms with E-state index in [1.165, 1.54) is 0 Å². The Labute approximate surface area is 81.1 Å². The maximum Gasteiger partial charge on any atom is 0.173 e. The number of H-pyrrole nitrogens is 1. The molecule has 1 aromatic heterocycles. The quantitative estimate of drug-likeness (QED) is 0.695. The second-order valence-corrected chi connectivity index (χ2v) is 3.26. The van der Waals surface area contributed by atoms with Gasteiger partial charge < -0.3 is 10.3 Å². The smallest absolute Gasteiger partial charge is 0.173 e. The van der Waals surface area contributed by atoms with E-state index in [-0.39, 0.29) is 0 Å². The fourth-order valence-electron chi connectivity index (χ4n) is 1.62. The van der Waals surface area contributed by atoms with E-state index in [2.05, 4.69) is 20.3 Å². The maximum atomic E-state index is 4.45. The molecule has 4 heteroatoms. The third-order valence-corrected chi connectivity index (χ3v) is 2.29. The highest BCUT2D eigenvalue weighted by molar-refractivity contribution is 5.99. The van der Waals surface area contributed by atoms with Crippen LogP contribution < -0.4 is 5.32 Å². The van der Waals surface area contributed by atoms with Crippen LogP contribution in [-0.4, -0.2) is 28.9 Å². The van der Waals surface area contributed by atoms with Crippen LogP contribution in [0.2, 0.25) is 0 Å². The van der Waals surface area contributed by atoms with E-state index in [0.29, 0.717) is 0 Å². The zero-order valence-electron chi connectivity index (χ0n) is 7.62. The summed E-state index contributed by atoms with van der Waals surface area (Å²) in [5.74, 6) is 1.71. The molecule has 2 N–H and O–H groups in total. The lowest BCUT2D eigenvalue weighted by Crippen LogP contribution is -2.20. The Bertz CT molecular complexity index is 465. The van der Waals surface area contributed by atoms with Crippen LogP contribution >= 0.6 is 0 Å². The molecular formula is C10H10N4. The molecule has 3 rings (SSSR count). The number of para-hydroxylation sites is 2. The van der Waals surface area contributed by atoms with Crippen molar-refractivity contribution in [2.45, 2.75) is 0 Å². The Morgan fingerprint density at radius 1 is 1.21 bits per heavy atom. The van der Waals surface area contributed by atoms with Crippen LogP contribution in [0.25, 0.3) is 11.0 Å². The number of hydrogen-bond donors (Lipinski definition) is 2. The Morgan fingerprint density at radius 3 is 2.93 bits per heavy atom. The number of amidine groups is 1. The summed E-state index contributed by atoms with van der Waals surface area (Å²) in [5, 5.41) is 3.19. The van der Waals surface area contributed by atoms with Crippen LogP contribution in [-0.2, 0) is 0 Å². The van der Waals surface area contributed by atoms with Crippen molar-refractivity contribution in [3.05, 3.63) is 30.1 Å². The number of benzene rings is 1. The van der Waals surface area contributed by atoms with Gasteiger partial charge in [-0.3, -0.25) is 4.99 Å². The SMILES string of the molecule is c1ccc2[nH]c(C3=NCCN3)nc2c1. The number of rotatable bonds is 1. The highest BCUT2D eigenvalue weighted by Crippen LogP contribution is 2.10.